The number of hydrogen-bond acceptors (Lipinski definition) is 4. The first-order valence-corrected chi connectivity index (χ1v) is 4.60. The van der Waals surface area contributed by atoms with Gasteiger partial charge in [0.05, 0.1) is 0 Å². The molecule has 0 aliphatic heterocycles. The van der Waals surface area contributed by atoms with Gasteiger partial charge in [0.1, 0.15) is 5.78 Å². The number of hydrazone groups is 1. The Balaban J connectivity index is 4.19. The normalized spacial score (nSPS) is 12.2. The fourth-order valence-electron chi connectivity index (χ4n) is 0.716. The van der Waals surface area contributed by atoms with E-state index in [0.717, 1.165) is 0 Å². The smallest absolute Gasteiger partial charge is 0.299 e. The van der Waals surface area contributed by atoms with Gasteiger partial charge in [-0.15, -0.1) is 0 Å². The van der Waals surface area contributed by atoms with E-state index in [-0.39, 0.29) is 12.2 Å². The Hall–Kier alpha value is -1.43. The van der Waals surface area contributed by atoms with Crippen molar-refractivity contribution in [1.82, 2.24) is 10.9 Å². The van der Waals surface area contributed by atoms with E-state index in [9.17, 15) is 9.59 Å². The summed E-state index contributed by atoms with van der Waals surface area (Å²) < 4.78 is 0. The van der Waals surface area contributed by atoms with E-state index in [1.54, 1.807) is 6.92 Å². The Kier molecular flexibility index (Phi) is 4.93. The van der Waals surface area contributed by atoms with Crippen LogP contribution in [0, 0.1) is 5.41 Å². The lowest BCUT2D eigenvalue weighted by molar-refractivity contribution is -0.125. The zero-order valence-corrected chi connectivity index (χ0v) is 9.55. The van der Waals surface area contributed by atoms with E-state index in [1.165, 1.54) is 0 Å². The van der Waals surface area contributed by atoms with Crippen molar-refractivity contribution in [3.05, 3.63) is 0 Å². The molecule has 0 fully saturated rings. The van der Waals surface area contributed by atoms with Crippen LogP contribution >= 0.6 is 0 Å². The van der Waals surface area contributed by atoms with Gasteiger partial charge in [-0.2, -0.15) is 5.10 Å². The fourth-order valence-corrected chi connectivity index (χ4v) is 0.716. The average Bonchev–Trinajstić information content (AvgIpc) is 2.12. The third-order valence-corrected chi connectivity index (χ3v) is 1.73. The van der Waals surface area contributed by atoms with Gasteiger partial charge in [-0.05, 0) is 6.92 Å². The highest BCUT2D eigenvalue weighted by Gasteiger charge is 2.21. The number of urea groups is 1. The first-order chi connectivity index (χ1) is 6.77. The van der Waals surface area contributed by atoms with Crippen molar-refractivity contribution in [2.45, 2.75) is 34.1 Å². The highest BCUT2D eigenvalue weighted by atomic mass is 16.2. The van der Waals surface area contributed by atoms with Gasteiger partial charge in [-0.1, -0.05) is 20.8 Å². The maximum absolute atomic E-state index is 11.6. The van der Waals surface area contributed by atoms with Crippen LogP contribution in [0.3, 0.4) is 0 Å². The zero-order chi connectivity index (χ0) is 12.1. The number of hydrazine groups is 1. The molecule has 0 aliphatic carbocycles. The van der Waals surface area contributed by atoms with Gasteiger partial charge in [0.2, 0.25) is 0 Å². The first kappa shape index (κ1) is 13.6. The Bertz CT molecular complexity index is 278. The molecular weight excluding hydrogens is 196 g/mol. The van der Waals surface area contributed by atoms with E-state index < -0.39 is 11.4 Å². The third-order valence-electron chi connectivity index (χ3n) is 1.73. The summed E-state index contributed by atoms with van der Waals surface area (Å²) in [5.74, 6) is 4.90. The quantitative estimate of drug-likeness (QED) is 0.277. The van der Waals surface area contributed by atoms with Crippen molar-refractivity contribution < 1.29 is 9.59 Å². The molecule has 6 heteroatoms. The summed E-state index contributed by atoms with van der Waals surface area (Å²) >= 11 is 0. The van der Waals surface area contributed by atoms with Crippen molar-refractivity contribution in [1.29, 1.82) is 0 Å². The summed E-state index contributed by atoms with van der Waals surface area (Å²) in [5, 5.41) is 3.70. The van der Waals surface area contributed by atoms with Crippen molar-refractivity contribution in [2.24, 2.45) is 16.4 Å². The monoisotopic (exact) mass is 214 g/mol. The topological polar surface area (TPSA) is 96.6 Å². The van der Waals surface area contributed by atoms with E-state index in [0.29, 0.717) is 5.71 Å². The van der Waals surface area contributed by atoms with E-state index >= 15 is 0 Å². The minimum Gasteiger partial charge on any atom is -0.299 e. The fraction of sp³-hybridized carbons (Fsp3) is 0.667. The second-order valence-electron chi connectivity index (χ2n) is 4.28. The molecule has 0 aliphatic rings. The number of rotatable bonds is 3. The lowest BCUT2D eigenvalue weighted by Gasteiger charge is -2.15. The molecule has 0 bridgehead atoms. The lowest BCUT2D eigenvalue weighted by atomic mass is 9.88. The molecule has 0 unspecified atom stereocenters. The second-order valence-corrected chi connectivity index (χ2v) is 4.28. The average molecular weight is 214 g/mol. The Labute approximate surface area is 89.3 Å². The van der Waals surface area contributed by atoms with Gasteiger partial charge in [0.25, 0.3) is 0 Å². The third kappa shape index (κ3) is 5.79. The standard InChI is InChI=1S/C9H18N4O2/c1-6(12-13-8(15)11-10)5-7(14)9(2,3)4/h5,10H2,1-4H3,(H2,11,13,15)/b12-6+. The van der Waals surface area contributed by atoms with Crippen LogP contribution in [-0.4, -0.2) is 17.5 Å². The molecule has 15 heavy (non-hydrogen) atoms. The van der Waals surface area contributed by atoms with Crippen LogP contribution in [0.25, 0.3) is 0 Å². The number of nitrogens with one attached hydrogen (secondary N) is 2. The van der Waals surface area contributed by atoms with Crippen LogP contribution in [0.1, 0.15) is 34.1 Å². The van der Waals surface area contributed by atoms with E-state index in [4.69, 9.17) is 5.84 Å². The predicted molar refractivity (Wildman–Crippen MR) is 58.0 cm³/mol. The number of Topliss-reactive ketones (excluding diaryl/α,β-unsaturated/α-hetero) is 1. The number of nitrogens with zero attached hydrogens (tertiary/aromatic N) is 1. The molecule has 4 N–H and O–H groups in total. The van der Waals surface area contributed by atoms with Gasteiger partial charge in [-0.3, -0.25) is 10.2 Å². The van der Waals surface area contributed by atoms with Crippen molar-refractivity contribution in [3.8, 4) is 0 Å². The van der Waals surface area contributed by atoms with Crippen LogP contribution in [0.4, 0.5) is 4.79 Å². The maximum Gasteiger partial charge on any atom is 0.349 e. The number of amides is 2. The minimum absolute atomic E-state index is 0.0682. The molecule has 2 amide bonds. The summed E-state index contributed by atoms with van der Waals surface area (Å²) in [5.41, 5.74) is 4.16. The predicted octanol–water partition coefficient (Wildman–Crippen LogP) is 0.541. The van der Waals surface area contributed by atoms with Gasteiger partial charge >= 0.3 is 6.03 Å². The van der Waals surface area contributed by atoms with Crippen molar-refractivity contribution in [3.63, 3.8) is 0 Å². The minimum atomic E-state index is -0.613. The van der Waals surface area contributed by atoms with Crippen LogP contribution in [0.2, 0.25) is 0 Å². The number of ketones is 1. The SMILES string of the molecule is C/C(CC(=O)C(C)(C)C)=N\NC(=O)NN. The van der Waals surface area contributed by atoms with Crippen LogP contribution in [0.15, 0.2) is 5.10 Å². The largest absolute Gasteiger partial charge is 0.349 e. The van der Waals surface area contributed by atoms with Gasteiger partial charge in [0, 0.05) is 17.5 Å². The van der Waals surface area contributed by atoms with Crippen molar-refractivity contribution in [2.75, 3.05) is 0 Å². The van der Waals surface area contributed by atoms with E-state index in [2.05, 4.69) is 10.5 Å². The van der Waals surface area contributed by atoms with Crippen molar-refractivity contribution >= 4 is 17.5 Å². The van der Waals surface area contributed by atoms with Crippen LogP contribution in [0.5, 0.6) is 0 Å². The lowest BCUT2D eigenvalue weighted by Crippen LogP contribution is -2.37. The molecule has 0 saturated carbocycles. The zero-order valence-electron chi connectivity index (χ0n) is 9.55. The highest BCUT2D eigenvalue weighted by molar-refractivity contribution is 6.03. The molecule has 86 valence electrons. The van der Waals surface area contributed by atoms with Gasteiger partial charge in [0.15, 0.2) is 0 Å². The number of carbonyl (C=O) groups excluding carboxylic acids is 2. The summed E-state index contributed by atoms with van der Waals surface area (Å²) in [7, 11) is 0. The molecule has 0 atom stereocenters. The maximum atomic E-state index is 11.6. The molecule has 0 saturated heterocycles. The molecule has 0 aromatic rings. The van der Waals surface area contributed by atoms with Crippen LogP contribution < -0.4 is 16.7 Å². The number of carbonyl (C=O) groups is 2. The highest BCUT2D eigenvalue weighted by Crippen LogP contribution is 2.16. The Morgan fingerprint density at radius 3 is 2.27 bits per heavy atom. The Morgan fingerprint density at radius 1 is 1.33 bits per heavy atom. The molecule has 0 radical (unpaired) electrons. The van der Waals surface area contributed by atoms with Gasteiger partial charge in [-0.25, -0.2) is 16.1 Å². The first-order valence-electron chi connectivity index (χ1n) is 4.60. The van der Waals surface area contributed by atoms with E-state index in [1.807, 2.05) is 26.2 Å². The molecular formula is C9H18N4O2. The summed E-state index contributed by atoms with van der Waals surface area (Å²) in [4.78, 5) is 22.2. The second kappa shape index (κ2) is 5.45. The molecule has 6 nitrogen and oxygen atoms in total. The van der Waals surface area contributed by atoms with Crippen LogP contribution in [-0.2, 0) is 4.79 Å². The summed E-state index contributed by atoms with van der Waals surface area (Å²) in [6.07, 6.45) is 0.217. The molecule has 0 rings (SSSR count). The molecule has 0 aromatic heterocycles. The Morgan fingerprint density at radius 2 is 1.87 bits per heavy atom. The molecule has 0 aromatic carbocycles. The van der Waals surface area contributed by atoms with Gasteiger partial charge < -0.3 is 0 Å². The number of nitrogens with two attached hydrogens (primary N) is 1. The molecule has 0 spiro atoms. The number of hydrogen-bond donors (Lipinski definition) is 3. The summed E-state index contributed by atoms with van der Waals surface area (Å²) in [6, 6.07) is -0.613. The molecule has 0 heterocycles. The summed E-state index contributed by atoms with van der Waals surface area (Å²) in [6.45, 7) is 7.17.